The summed E-state index contributed by atoms with van der Waals surface area (Å²) in [6, 6.07) is 4.82. The summed E-state index contributed by atoms with van der Waals surface area (Å²) in [5, 5.41) is 4.21. The van der Waals surface area contributed by atoms with E-state index in [1.165, 1.54) is 0 Å². The maximum absolute atomic E-state index is 12.5. The zero-order valence-electron chi connectivity index (χ0n) is 11.5. The zero-order valence-corrected chi connectivity index (χ0v) is 13.9. The summed E-state index contributed by atoms with van der Waals surface area (Å²) in [4.78, 5) is 0.303. The van der Waals surface area contributed by atoms with Gasteiger partial charge in [0.15, 0.2) is 9.84 Å². The Morgan fingerprint density at radius 1 is 1.35 bits per heavy atom. The standard InChI is InChI=1S/C13H16BrN3O2S/c1-8-6-10(15)4-5-12(8)20(18,19)7-11-13(14)9(2)16-17(11)3/h4-6H,7,15H2,1-3H3. The molecule has 2 aromatic rings. The first-order valence-corrected chi connectivity index (χ1v) is 8.44. The summed E-state index contributed by atoms with van der Waals surface area (Å²) in [5.74, 6) is -0.102. The molecule has 0 spiro atoms. The van der Waals surface area contributed by atoms with Gasteiger partial charge in [0.25, 0.3) is 0 Å². The van der Waals surface area contributed by atoms with Crippen molar-refractivity contribution in [3.8, 4) is 0 Å². The van der Waals surface area contributed by atoms with E-state index in [4.69, 9.17) is 5.73 Å². The molecule has 0 fully saturated rings. The van der Waals surface area contributed by atoms with Gasteiger partial charge in [0.1, 0.15) is 0 Å². The van der Waals surface area contributed by atoms with Crippen molar-refractivity contribution in [2.75, 3.05) is 5.73 Å². The molecule has 0 radical (unpaired) electrons. The Bertz CT molecular complexity index is 766. The molecule has 7 heteroatoms. The van der Waals surface area contributed by atoms with Crippen LogP contribution in [-0.2, 0) is 22.6 Å². The summed E-state index contributed by atoms with van der Waals surface area (Å²) >= 11 is 3.39. The van der Waals surface area contributed by atoms with Crippen LogP contribution < -0.4 is 5.73 Å². The first-order chi connectivity index (χ1) is 9.22. The van der Waals surface area contributed by atoms with Crippen molar-refractivity contribution >= 4 is 31.5 Å². The number of sulfone groups is 1. The third-order valence-electron chi connectivity index (χ3n) is 3.12. The van der Waals surface area contributed by atoms with E-state index >= 15 is 0 Å². The van der Waals surface area contributed by atoms with E-state index < -0.39 is 9.84 Å². The van der Waals surface area contributed by atoms with Crippen LogP contribution in [0.3, 0.4) is 0 Å². The third kappa shape index (κ3) is 2.73. The Labute approximate surface area is 126 Å². The molecule has 5 nitrogen and oxygen atoms in total. The van der Waals surface area contributed by atoms with Crippen LogP contribution in [-0.4, -0.2) is 18.2 Å². The first-order valence-electron chi connectivity index (χ1n) is 5.99. The first kappa shape index (κ1) is 15.1. The van der Waals surface area contributed by atoms with E-state index in [2.05, 4.69) is 21.0 Å². The molecule has 0 amide bonds. The Morgan fingerprint density at radius 3 is 2.50 bits per heavy atom. The highest BCUT2D eigenvalue weighted by Crippen LogP contribution is 2.27. The van der Waals surface area contributed by atoms with Crippen LogP contribution in [0.1, 0.15) is 17.0 Å². The van der Waals surface area contributed by atoms with Crippen LogP contribution in [0.5, 0.6) is 0 Å². The number of aryl methyl sites for hydroxylation is 3. The second-order valence-corrected chi connectivity index (χ2v) is 7.50. The lowest BCUT2D eigenvalue weighted by atomic mass is 10.2. The fourth-order valence-corrected chi connectivity index (χ4v) is 4.45. The topological polar surface area (TPSA) is 78.0 Å². The predicted molar refractivity (Wildman–Crippen MR) is 82.1 cm³/mol. The van der Waals surface area contributed by atoms with Gasteiger partial charge >= 0.3 is 0 Å². The molecule has 0 saturated carbocycles. The summed E-state index contributed by atoms with van der Waals surface area (Å²) < 4.78 is 27.4. The van der Waals surface area contributed by atoms with Crippen molar-refractivity contribution in [1.82, 2.24) is 9.78 Å². The van der Waals surface area contributed by atoms with Crippen LogP contribution in [0.15, 0.2) is 27.6 Å². The number of nitrogen functional groups attached to an aromatic ring is 1. The normalized spacial score (nSPS) is 11.8. The highest BCUT2D eigenvalue weighted by atomic mass is 79.9. The summed E-state index contributed by atoms with van der Waals surface area (Å²) in [5.41, 5.74) is 8.27. The molecule has 2 rings (SSSR count). The van der Waals surface area contributed by atoms with E-state index in [0.29, 0.717) is 21.8 Å². The lowest BCUT2D eigenvalue weighted by Gasteiger charge is -2.09. The molecule has 0 aliphatic heterocycles. The maximum atomic E-state index is 12.5. The van der Waals surface area contributed by atoms with Crippen LogP contribution in [0.2, 0.25) is 0 Å². The number of aromatic nitrogens is 2. The molecule has 0 bridgehead atoms. The van der Waals surface area contributed by atoms with Gasteiger partial charge in [-0.2, -0.15) is 5.10 Å². The van der Waals surface area contributed by atoms with E-state index in [1.54, 1.807) is 36.9 Å². The Morgan fingerprint density at radius 2 is 2.00 bits per heavy atom. The van der Waals surface area contributed by atoms with Gasteiger partial charge in [-0.25, -0.2) is 8.42 Å². The quantitative estimate of drug-likeness (QED) is 0.855. The summed E-state index contributed by atoms with van der Waals surface area (Å²) in [6.07, 6.45) is 0. The monoisotopic (exact) mass is 357 g/mol. The van der Waals surface area contributed by atoms with E-state index in [-0.39, 0.29) is 5.75 Å². The molecule has 108 valence electrons. The fourth-order valence-electron chi connectivity index (χ4n) is 2.12. The molecule has 1 aromatic carbocycles. The fraction of sp³-hybridized carbons (Fsp3) is 0.308. The van der Waals surface area contributed by atoms with Crippen LogP contribution >= 0.6 is 15.9 Å². The molecule has 0 unspecified atom stereocenters. The molecular weight excluding hydrogens is 342 g/mol. The Hall–Kier alpha value is -1.34. The SMILES string of the molecule is Cc1cc(N)ccc1S(=O)(=O)Cc1c(Br)c(C)nn1C. The van der Waals surface area contributed by atoms with Crippen LogP contribution in [0.25, 0.3) is 0 Å². The number of halogens is 1. The van der Waals surface area contributed by atoms with Gasteiger partial charge < -0.3 is 5.73 Å². The summed E-state index contributed by atoms with van der Waals surface area (Å²) in [7, 11) is -1.70. The number of rotatable bonds is 3. The number of hydrogen-bond donors (Lipinski definition) is 1. The largest absolute Gasteiger partial charge is 0.399 e. The van der Waals surface area contributed by atoms with Crippen molar-refractivity contribution in [2.24, 2.45) is 7.05 Å². The van der Waals surface area contributed by atoms with Gasteiger partial charge in [0.05, 0.1) is 26.5 Å². The van der Waals surface area contributed by atoms with Crippen molar-refractivity contribution < 1.29 is 8.42 Å². The van der Waals surface area contributed by atoms with Gasteiger partial charge in [-0.05, 0) is 53.5 Å². The lowest BCUT2D eigenvalue weighted by molar-refractivity contribution is 0.591. The van der Waals surface area contributed by atoms with Crippen molar-refractivity contribution in [3.63, 3.8) is 0 Å². The van der Waals surface area contributed by atoms with E-state index in [9.17, 15) is 8.42 Å². The zero-order chi connectivity index (χ0) is 15.1. The molecular formula is C13H16BrN3O2S. The Balaban J connectivity index is 2.46. The Kier molecular flexibility index (Phi) is 3.93. The third-order valence-corrected chi connectivity index (χ3v) is 5.94. The number of benzene rings is 1. The van der Waals surface area contributed by atoms with Gasteiger partial charge in [0, 0.05) is 12.7 Å². The second-order valence-electron chi connectivity index (χ2n) is 4.75. The van der Waals surface area contributed by atoms with Crippen molar-refractivity contribution in [2.45, 2.75) is 24.5 Å². The second kappa shape index (κ2) is 5.21. The van der Waals surface area contributed by atoms with Crippen molar-refractivity contribution in [3.05, 3.63) is 39.6 Å². The number of nitrogens with zero attached hydrogens (tertiary/aromatic N) is 2. The van der Waals surface area contributed by atoms with Crippen LogP contribution in [0, 0.1) is 13.8 Å². The minimum atomic E-state index is -3.44. The molecule has 1 heterocycles. The highest BCUT2D eigenvalue weighted by molar-refractivity contribution is 9.10. The summed E-state index contributed by atoms with van der Waals surface area (Å²) in [6.45, 7) is 3.57. The number of nitrogens with two attached hydrogens (primary N) is 1. The lowest BCUT2D eigenvalue weighted by Crippen LogP contribution is -2.10. The molecule has 1 aromatic heterocycles. The number of anilines is 1. The molecule has 2 N–H and O–H groups in total. The smallest absolute Gasteiger partial charge is 0.184 e. The van der Waals surface area contributed by atoms with Gasteiger partial charge in [-0.15, -0.1) is 0 Å². The van der Waals surface area contributed by atoms with Crippen molar-refractivity contribution in [1.29, 1.82) is 0 Å². The average Bonchev–Trinajstić information content (AvgIpc) is 2.55. The average molecular weight is 358 g/mol. The molecule has 0 aliphatic rings. The van der Waals surface area contributed by atoms with Crippen LogP contribution in [0.4, 0.5) is 5.69 Å². The molecule has 0 atom stereocenters. The van der Waals surface area contributed by atoms with Gasteiger partial charge in [0.2, 0.25) is 0 Å². The van der Waals surface area contributed by atoms with E-state index in [1.807, 2.05) is 6.92 Å². The molecule has 20 heavy (non-hydrogen) atoms. The highest BCUT2D eigenvalue weighted by Gasteiger charge is 2.22. The molecule has 0 aliphatic carbocycles. The van der Waals surface area contributed by atoms with E-state index in [0.717, 1.165) is 10.2 Å². The minimum Gasteiger partial charge on any atom is -0.399 e. The van der Waals surface area contributed by atoms with Gasteiger partial charge in [-0.3, -0.25) is 4.68 Å². The minimum absolute atomic E-state index is 0.102. The van der Waals surface area contributed by atoms with Gasteiger partial charge in [-0.1, -0.05) is 0 Å². The number of hydrogen-bond acceptors (Lipinski definition) is 4. The molecule has 0 saturated heterocycles. The predicted octanol–water partition coefficient (Wildman–Crippen LogP) is 2.36. The maximum Gasteiger partial charge on any atom is 0.184 e.